The first-order chi connectivity index (χ1) is 15.7. The molecule has 0 unspecified atom stereocenters. The number of halogens is 1. The number of hydrogen-bond donors (Lipinski definition) is 1. The van der Waals surface area contributed by atoms with Crippen molar-refractivity contribution in [1.29, 1.82) is 0 Å². The number of anilines is 1. The third-order valence-corrected chi connectivity index (χ3v) is 6.33. The molecule has 0 bridgehead atoms. The Morgan fingerprint density at radius 3 is 2.81 bits per heavy atom. The SMILES string of the molecule is C[C@H](Nc1ncnc2ccccc12)c1cc2cccc(Cl)c2c(CCN2CCOCC2)n1. The topological polar surface area (TPSA) is 63.2 Å². The predicted molar refractivity (Wildman–Crippen MR) is 129 cm³/mol. The summed E-state index contributed by atoms with van der Waals surface area (Å²) in [5.41, 5.74) is 2.93. The predicted octanol–water partition coefficient (Wildman–Crippen LogP) is 4.88. The maximum absolute atomic E-state index is 6.60. The van der Waals surface area contributed by atoms with Crippen LogP contribution < -0.4 is 5.32 Å². The molecule has 32 heavy (non-hydrogen) atoms. The molecule has 6 nitrogen and oxygen atoms in total. The van der Waals surface area contributed by atoms with E-state index in [9.17, 15) is 0 Å². The lowest BCUT2D eigenvalue weighted by Gasteiger charge is -2.26. The smallest absolute Gasteiger partial charge is 0.137 e. The third-order valence-electron chi connectivity index (χ3n) is 6.01. The number of fused-ring (bicyclic) bond motifs is 2. The van der Waals surface area contributed by atoms with E-state index in [1.807, 2.05) is 36.4 Å². The molecule has 1 N–H and O–H groups in total. The van der Waals surface area contributed by atoms with Gasteiger partial charge >= 0.3 is 0 Å². The van der Waals surface area contributed by atoms with Gasteiger partial charge in [-0.25, -0.2) is 9.97 Å². The molecule has 3 heterocycles. The summed E-state index contributed by atoms with van der Waals surface area (Å²) in [6.07, 6.45) is 2.44. The third kappa shape index (κ3) is 4.39. The highest BCUT2D eigenvalue weighted by molar-refractivity contribution is 6.35. The van der Waals surface area contributed by atoms with Crippen molar-refractivity contribution in [1.82, 2.24) is 19.9 Å². The summed E-state index contributed by atoms with van der Waals surface area (Å²) in [5, 5.41) is 7.45. The van der Waals surface area contributed by atoms with Gasteiger partial charge in [0.15, 0.2) is 0 Å². The van der Waals surface area contributed by atoms with Crippen LogP contribution in [0.5, 0.6) is 0 Å². The van der Waals surface area contributed by atoms with Crippen molar-refractivity contribution >= 4 is 39.1 Å². The monoisotopic (exact) mass is 447 g/mol. The van der Waals surface area contributed by atoms with Crippen LogP contribution in [0.1, 0.15) is 24.4 Å². The molecule has 1 aliphatic heterocycles. The summed E-state index contributed by atoms with van der Waals surface area (Å²) < 4.78 is 5.48. The summed E-state index contributed by atoms with van der Waals surface area (Å²) in [7, 11) is 0. The summed E-state index contributed by atoms with van der Waals surface area (Å²) in [6, 6.07) is 16.2. The second-order valence-corrected chi connectivity index (χ2v) is 8.55. The van der Waals surface area contributed by atoms with Crippen LogP contribution in [-0.2, 0) is 11.2 Å². The number of aromatic nitrogens is 3. The van der Waals surface area contributed by atoms with Gasteiger partial charge in [0.05, 0.1) is 41.2 Å². The Balaban J connectivity index is 1.46. The molecular formula is C25H26ClN5O. The van der Waals surface area contributed by atoms with Gasteiger partial charge in [0.1, 0.15) is 12.1 Å². The van der Waals surface area contributed by atoms with E-state index in [1.54, 1.807) is 6.33 Å². The van der Waals surface area contributed by atoms with Crippen LogP contribution in [0.25, 0.3) is 21.7 Å². The van der Waals surface area contributed by atoms with Gasteiger partial charge in [-0.05, 0) is 36.6 Å². The molecule has 0 aliphatic carbocycles. The van der Waals surface area contributed by atoms with E-state index >= 15 is 0 Å². The standard InChI is InChI=1S/C25H26ClN5O/c1-17(29-25-19-6-2-3-8-21(19)27-16-28-25)23-15-18-5-4-7-20(26)24(18)22(30-23)9-10-31-11-13-32-14-12-31/h2-8,15-17H,9-14H2,1H3,(H,27,28,29)/t17-/m0/s1. The first-order valence-electron chi connectivity index (χ1n) is 11.0. The second kappa shape index (κ2) is 9.36. The van der Waals surface area contributed by atoms with E-state index in [0.717, 1.165) is 83.2 Å². The van der Waals surface area contributed by atoms with Gasteiger partial charge < -0.3 is 10.1 Å². The fraction of sp³-hybridized carbons (Fsp3) is 0.320. The first kappa shape index (κ1) is 21.1. The number of ether oxygens (including phenoxy) is 1. The van der Waals surface area contributed by atoms with Crippen molar-refractivity contribution in [2.75, 3.05) is 38.2 Å². The zero-order chi connectivity index (χ0) is 21.9. The Kier molecular flexibility index (Phi) is 6.17. The van der Waals surface area contributed by atoms with E-state index in [0.29, 0.717) is 0 Å². The molecule has 0 saturated carbocycles. The van der Waals surface area contributed by atoms with Crippen LogP contribution in [0.15, 0.2) is 54.9 Å². The van der Waals surface area contributed by atoms with Gasteiger partial charge in [-0.2, -0.15) is 0 Å². The Labute approximate surface area is 192 Å². The minimum absolute atomic E-state index is 0.0289. The maximum atomic E-state index is 6.60. The van der Waals surface area contributed by atoms with Crippen LogP contribution in [0.3, 0.4) is 0 Å². The molecule has 0 radical (unpaired) electrons. The molecule has 7 heteroatoms. The van der Waals surface area contributed by atoms with Gasteiger partial charge in [-0.15, -0.1) is 0 Å². The van der Waals surface area contributed by atoms with Crippen molar-refractivity contribution < 1.29 is 4.74 Å². The van der Waals surface area contributed by atoms with Gasteiger partial charge in [-0.3, -0.25) is 9.88 Å². The van der Waals surface area contributed by atoms with Gasteiger partial charge in [0.2, 0.25) is 0 Å². The lowest BCUT2D eigenvalue weighted by atomic mass is 10.0. The van der Waals surface area contributed by atoms with Crippen LogP contribution in [0.2, 0.25) is 5.02 Å². The lowest BCUT2D eigenvalue weighted by molar-refractivity contribution is 0.0384. The minimum Gasteiger partial charge on any atom is -0.379 e. The van der Waals surface area contributed by atoms with E-state index < -0.39 is 0 Å². The highest BCUT2D eigenvalue weighted by Gasteiger charge is 2.17. The quantitative estimate of drug-likeness (QED) is 0.454. The Hall–Kier alpha value is -2.80. The summed E-state index contributed by atoms with van der Waals surface area (Å²) in [5.74, 6) is 0.811. The highest BCUT2D eigenvalue weighted by atomic mass is 35.5. The fourth-order valence-corrected chi connectivity index (χ4v) is 4.55. The van der Waals surface area contributed by atoms with Crippen LogP contribution in [0.4, 0.5) is 5.82 Å². The number of nitrogens with one attached hydrogen (secondary N) is 1. The van der Waals surface area contributed by atoms with Crippen LogP contribution >= 0.6 is 11.6 Å². The van der Waals surface area contributed by atoms with Crippen molar-refractivity contribution in [3.8, 4) is 0 Å². The van der Waals surface area contributed by atoms with Crippen molar-refractivity contribution in [2.24, 2.45) is 0 Å². The number of hydrogen-bond acceptors (Lipinski definition) is 6. The number of nitrogens with zero attached hydrogens (tertiary/aromatic N) is 4. The molecule has 1 atom stereocenters. The summed E-state index contributed by atoms with van der Waals surface area (Å²) >= 11 is 6.60. The van der Waals surface area contributed by atoms with E-state index in [1.165, 1.54) is 0 Å². The molecular weight excluding hydrogens is 422 g/mol. The van der Waals surface area contributed by atoms with Gasteiger partial charge in [0.25, 0.3) is 0 Å². The zero-order valence-corrected chi connectivity index (χ0v) is 18.8. The normalized spacial score (nSPS) is 15.8. The summed E-state index contributed by atoms with van der Waals surface area (Å²) in [6.45, 7) is 6.57. The molecule has 1 aliphatic rings. The Morgan fingerprint density at radius 2 is 1.94 bits per heavy atom. The molecule has 2 aromatic carbocycles. The number of benzene rings is 2. The van der Waals surface area contributed by atoms with E-state index in [2.05, 4.69) is 39.2 Å². The largest absolute Gasteiger partial charge is 0.379 e. The van der Waals surface area contributed by atoms with Gasteiger partial charge in [0, 0.05) is 36.8 Å². The number of rotatable bonds is 6. The Bertz CT molecular complexity index is 1240. The first-order valence-corrected chi connectivity index (χ1v) is 11.4. The number of pyridine rings is 1. The van der Waals surface area contributed by atoms with Crippen LogP contribution in [0, 0.1) is 0 Å². The van der Waals surface area contributed by atoms with E-state index in [4.69, 9.17) is 21.3 Å². The van der Waals surface area contributed by atoms with Crippen molar-refractivity contribution in [3.63, 3.8) is 0 Å². The van der Waals surface area contributed by atoms with Gasteiger partial charge in [-0.1, -0.05) is 35.9 Å². The number of para-hydroxylation sites is 1. The second-order valence-electron chi connectivity index (χ2n) is 8.14. The lowest BCUT2D eigenvalue weighted by Crippen LogP contribution is -2.37. The molecule has 5 rings (SSSR count). The molecule has 4 aromatic rings. The van der Waals surface area contributed by atoms with E-state index in [-0.39, 0.29) is 6.04 Å². The number of morpholine rings is 1. The molecule has 2 aromatic heterocycles. The Morgan fingerprint density at radius 1 is 1.09 bits per heavy atom. The highest BCUT2D eigenvalue weighted by Crippen LogP contribution is 2.30. The van der Waals surface area contributed by atoms with Crippen LogP contribution in [-0.4, -0.2) is 52.7 Å². The average molecular weight is 448 g/mol. The molecule has 164 valence electrons. The molecule has 1 saturated heterocycles. The summed E-state index contributed by atoms with van der Waals surface area (Å²) in [4.78, 5) is 16.3. The van der Waals surface area contributed by atoms with Crippen molar-refractivity contribution in [3.05, 3.63) is 71.3 Å². The molecule has 0 amide bonds. The molecule has 0 spiro atoms. The minimum atomic E-state index is -0.0289. The zero-order valence-electron chi connectivity index (χ0n) is 18.1. The van der Waals surface area contributed by atoms with Crippen molar-refractivity contribution in [2.45, 2.75) is 19.4 Å². The maximum Gasteiger partial charge on any atom is 0.137 e. The average Bonchev–Trinajstić information content (AvgIpc) is 2.83. The fourth-order valence-electron chi connectivity index (χ4n) is 4.26. The molecule has 1 fully saturated rings.